The van der Waals surface area contributed by atoms with Crippen LogP contribution in [0, 0.1) is 6.92 Å². The number of benzene rings is 1. The Morgan fingerprint density at radius 3 is 2.52 bits per heavy atom. The first-order valence-corrected chi connectivity index (χ1v) is 11.4. The molecule has 1 aromatic carbocycles. The van der Waals surface area contributed by atoms with E-state index >= 15 is 0 Å². The van der Waals surface area contributed by atoms with Gasteiger partial charge in [0, 0.05) is 19.5 Å². The van der Waals surface area contributed by atoms with E-state index in [0.29, 0.717) is 30.4 Å². The van der Waals surface area contributed by atoms with Gasteiger partial charge in [-0.2, -0.15) is 4.98 Å². The normalized spacial score (nSPS) is 20.4. The molecule has 1 aliphatic carbocycles. The molecule has 8 nitrogen and oxygen atoms in total. The van der Waals surface area contributed by atoms with E-state index in [-0.39, 0.29) is 11.7 Å². The van der Waals surface area contributed by atoms with Crippen molar-refractivity contribution in [3.05, 3.63) is 47.6 Å². The Labute approximate surface area is 170 Å². The van der Waals surface area contributed by atoms with E-state index in [4.69, 9.17) is 4.52 Å². The molecule has 2 heterocycles. The largest absolute Gasteiger partial charge is 0.340 e. The van der Waals surface area contributed by atoms with Gasteiger partial charge in [0.15, 0.2) is 5.82 Å². The van der Waals surface area contributed by atoms with Crippen LogP contribution in [0.3, 0.4) is 0 Å². The quantitative estimate of drug-likeness (QED) is 0.751. The van der Waals surface area contributed by atoms with Gasteiger partial charge in [0.05, 0.1) is 11.4 Å². The second-order valence-corrected chi connectivity index (χ2v) is 9.59. The number of rotatable bonds is 5. The molecule has 1 N–H and O–H groups in total. The number of hydrogen-bond donors (Lipinski definition) is 1. The van der Waals surface area contributed by atoms with Gasteiger partial charge in [-0.1, -0.05) is 30.1 Å². The summed E-state index contributed by atoms with van der Waals surface area (Å²) in [7, 11) is -3.19. The van der Waals surface area contributed by atoms with Crippen molar-refractivity contribution < 1.29 is 17.7 Å². The van der Waals surface area contributed by atoms with Crippen molar-refractivity contribution in [1.82, 2.24) is 15.5 Å². The zero-order valence-electron chi connectivity index (χ0n) is 16.3. The Morgan fingerprint density at radius 2 is 1.93 bits per heavy atom. The Hall–Kier alpha value is -2.68. The van der Waals surface area contributed by atoms with Gasteiger partial charge in [0.25, 0.3) is 0 Å². The molecule has 1 saturated heterocycles. The molecular weight excluding hydrogens is 392 g/mol. The van der Waals surface area contributed by atoms with Crippen molar-refractivity contribution >= 4 is 27.7 Å². The second-order valence-electron chi connectivity index (χ2n) is 7.58. The fourth-order valence-electron chi connectivity index (χ4n) is 4.01. The first-order chi connectivity index (χ1) is 13.9. The number of carbonyl (C=O) groups is 1. The third-order valence-electron chi connectivity index (χ3n) is 5.48. The minimum Gasteiger partial charge on any atom is -0.340 e. The summed E-state index contributed by atoms with van der Waals surface area (Å²) in [6.45, 7) is 2.25. The maximum atomic E-state index is 12.5. The summed E-state index contributed by atoms with van der Waals surface area (Å²) in [6.07, 6.45) is 7.40. The topological polar surface area (TPSA) is 105 Å². The van der Waals surface area contributed by atoms with Gasteiger partial charge >= 0.3 is 0 Å². The first-order valence-electron chi connectivity index (χ1n) is 9.80. The van der Waals surface area contributed by atoms with Crippen LogP contribution in [0.25, 0.3) is 6.08 Å². The lowest BCUT2D eigenvalue weighted by atomic mass is 9.96. The zero-order valence-corrected chi connectivity index (χ0v) is 17.1. The summed E-state index contributed by atoms with van der Waals surface area (Å²) < 4.78 is 30.6. The van der Waals surface area contributed by atoms with Gasteiger partial charge in [-0.05, 0) is 43.0 Å². The molecule has 1 amide bonds. The van der Waals surface area contributed by atoms with Gasteiger partial charge < -0.3 is 9.84 Å². The number of nitrogens with one attached hydrogen (secondary N) is 1. The molecule has 2 fully saturated rings. The summed E-state index contributed by atoms with van der Waals surface area (Å²) in [4.78, 5) is 16.9. The summed E-state index contributed by atoms with van der Waals surface area (Å²) >= 11 is 0. The fraction of sp³-hybridized carbons (Fsp3) is 0.450. The van der Waals surface area contributed by atoms with E-state index in [1.54, 1.807) is 37.3 Å². The molecule has 0 atom stereocenters. The van der Waals surface area contributed by atoms with Crippen molar-refractivity contribution in [3.63, 3.8) is 0 Å². The Kier molecular flexibility index (Phi) is 5.16. The van der Waals surface area contributed by atoms with Gasteiger partial charge in [-0.3, -0.25) is 9.10 Å². The van der Waals surface area contributed by atoms with E-state index in [1.165, 1.54) is 10.4 Å². The lowest BCUT2D eigenvalue weighted by Gasteiger charge is -2.25. The smallest absolute Gasteiger partial charge is 0.244 e. The van der Waals surface area contributed by atoms with Crippen molar-refractivity contribution in [3.8, 4) is 0 Å². The van der Waals surface area contributed by atoms with Crippen LogP contribution >= 0.6 is 0 Å². The van der Waals surface area contributed by atoms with Crippen LogP contribution in [-0.4, -0.2) is 36.8 Å². The number of nitrogens with zero attached hydrogens (tertiary/aromatic N) is 3. The lowest BCUT2D eigenvalue weighted by Crippen LogP contribution is -2.44. The highest BCUT2D eigenvalue weighted by molar-refractivity contribution is 7.93. The first kappa shape index (κ1) is 19.6. The predicted molar refractivity (Wildman–Crippen MR) is 109 cm³/mol. The number of carbonyl (C=O) groups excluding carboxylic acids is 1. The van der Waals surface area contributed by atoms with Crippen LogP contribution in [0.15, 0.2) is 34.9 Å². The number of anilines is 1. The molecule has 154 valence electrons. The monoisotopic (exact) mass is 416 g/mol. The average molecular weight is 417 g/mol. The van der Waals surface area contributed by atoms with Crippen molar-refractivity contribution in [2.45, 2.75) is 44.6 Å². The van der Waals surface area contributed by atoms with Crippen LogP contribution in [0.4, 0.5) is 5.69 Å². The Morgan fingerprint density at radius 1 is 1.21 bits per heavy atom. The summed E-state index contributed by atoms with van der Waals surface area (Å²) in [6, 6.07) is 7.14. The highest BCUT2D eigenvalue weighted by Gasteiger charge is 2.40. The summed E-state index contributed by atoms with van der Waals surface area (Å²) in [5, 5.41) is 7.08. The van der Waals surface area contributed by atoms with E-state index in [9.17, 15) is 13.2 Å². The minimum atomic E-state index is -3.19. The number of aryl methyl sites for hydroxylation is 1. The Balaban J connectivity index is 1.44. The summed E-state index contributed by atoms with van der Waals surface area (Å²) in [5.74, 6) is 0.985. The average Bonchev–Trinajstić information content (AvgIpc) is 3.41. The van der Waals surface area contributed by atoms with Gasteiger partial charge in [-0.25, -0.2) is 8.42 Å². The van der Waals surface area contributed by atoms with Gasteiger partial charge in [0.1, 0.15) is 5.54 Å². The standard InChI is InChI=1S/C20H24N4O4S/c1-15-21-19(23-28-15)20(11-2-3-12-20)22-18(25)10-7-16-5-8-17(9-6-16)24-13-4-14-29(24,26)27/h5-10H,2-4,11-14H2,1H3,(H,22,25)/b10-7+. The molecule has 1 aromatic heterocycles. The second kappa shape index (κ2) is 7.62. The highest BCUT2D eigenvalue weighted by atomic mass is 32.2. The third kappa shape index (κ3) is 4.05. The number of sulfonamides is 1. The van der Waals surface area contributed by atoms with Crippen LogP contribution in [0.2, 0.25) is 0 Å². The minimum absolute atomic E-state index is 0.191. The molecule has 2 aliphatic rings. The predicted octanol–water partition coefficient (Wildman–Crippen LogP) is 2.52. The molecule has 0 radical (unpaired) electrons. The zero-order chi connectivity index (χ0) is 20.5. The fourth-order valence-corrected chi connectivity index (χ4v) is 5.57. The van der Waals surface area contributed by atoms with Crippen LogP contribution in [-0.2, 0) is 20.4 Å². The van der Waals surface area contributed by atoms with E-state index < -0.39 is 15.6 Å². The number of amides is 1. The van der Waals surface area contributed by atoms with Crippen LogP contribution in [0.1, 0.15) is 49.4 Å². The molecule has 29 heavy (non-hydrogen) atoms. The third-order valence-corrected chi connectivity index (χ3v) is 7.35. The highest BCUT2D eigenvalue weighted by Crippen LogP contribution is 2.37. The number of hydrogen-bond acceptors (Lipinski definition) is 6. The molecule has 1 aliphatic heterocycles. The maximum Gasteiger partial charge on any atom is 0.244 e. The molecule has 2 aromatic rings. The molecule has 0 bridgehead atoms. The summed E-state index contributed by atoms with van der Waals surface area (Å²) in [5.41, 5.74) is 0.894. The maximum absolute atomic E-state index is 12.5. The van der Waals surface area contributed by atoms with Crippen molar-refractivity contribution in [1.29, 1.82) is 0 Å². The molecular formula is C20H24N4O4S. The Bertz CT molecular complexity index is 1020. The molecule has 4 rings (SSSR count). The van der Waals surface area contributed by atoms with Crippen molar-refractivity contribution in [2.75, 3.05) is 16.6 Å². The van der Waals surface area contributed by atoms with E-state index in [0.717, 1.165) is 31.2 Å². The molecule has 0 spiro atoms. The van der Waals surface area contributed by atoms with E-state index in [2.05, 4.69) is 15.5 Å². The van der Waals surface area contributed by atoms with Crippen molar-refractivity contribution in [2.24, 2.45) is 0 Å². The molecule has 1 saturated carbocycles. The SMILES string of the molecule is Cc1nc(C2(NC(=O)/C=C/c3ccc(N4CCCS4(=O)=O)cc3)CCCC2)no1. The van der Waals surface area contributed by atoms with Gasteiger partial charge in [0.2, 0.25) is 21.8 Å². The van der Waals surface area contributed by atoms with E-state index in [1.807, 2.05) is 0 Å². The van der Waals surface area contributed by atoms with Gasteiger partial charge in [-0.15, -0.1) is 0 Å². The lowest BCUT2D eigenvalue weighted by molar-refractivity contribution is -0.118. The van der Waals surface area contributed by atoms with Crippen LogP contribution in [0.5, 0.6) is 0 Å². The van der Waals surface area contributed by atoms with Crippen LogP contribution < -0.4 is 9.62 Å². The number of aromatic nitrogens is 2. The molecule has 9 heteroatoms. The molecule has 0 unspecified atom stereocenters.